The third-order valence-electron chi connectivity index (χ3n) is 5.75. The molecule has 5 atom stereocenters. The van der Waals surface area contributed by atoms with Crippen molar-refractivity contribution < 1.29 is 9.84 Å². The topological polar surface area (TPSA) is 29.5 Å². The molecule has 0 spiro atoms. The van der Waals surface area contributed by atoms with Crippen molar-refractivity contribution in [3.63, 3.8) is 0 Å². The quantitative estimate of drug-likeness (QED) is 0.709. The summed E-state index contributed by atoms with van der Waals surface area (Å²) < 4.78 is 5.65. The van der Waals surface area contributed by atoms with Crippen molar-refractivity contribution in [3.05, 3.63) is 12.2 Å². The van der Waals surface area contributed by atoms with Crippen LogP contribution in [-0.2, 0) is 4.74 Å². The Morgan fingerprint density at radius 2 is 2.06 bits per heavy atom. The molecular weight excluding hydrogens is 212 g/mol. The summed E-state index contributed by atoms with van der Waals surface area (Å²) in [4.78, 5) is 0. The Morgan fingerprint density at radius 3 is 2.76 bits per heavy atom. The van der Waals surface area contributed by atoms with Crippen molar-refractivity contribution in [2.75, 3.05) is 6.61 Å². The zero-order valence-corrected chi connectivity index (χ0v) is 11.0. The molecule has 2 saturated carbocycles. The standard InChI is InChI=1S/C15H24O2/c1-10(2)11-4-6-14(3)7-8-15(16)12(13(11)14)5-9-17-15/h11-13,16H,1,4-9H2,2-3H3/t11-,12+,13+,14+,15-/m0/s1. The van der Waals surface area contributed by atoms with Gasteiger partial charge in [0.05, 0.1) is 6.61 Å². The molecule has 2 nitrogen and oxygen atoms in total. The Morgan fingerprint density at radius 1 is 1.29 bits per heavy atom. The van der Waals surface area contributed by atoms with E-state index in [1.54, 1.807) is 0 Å². The van der Waals surface area contributed by atoms with E-state index in [0.717, 1.165) is 25.9 Å². The highest BCUT2D eigenvalue weighted by atomic mass is 16.6. The summed E-state index contributed by atoms with van der Waals surface area (Å²) in [7, 11) is 0. The van der Waals surface area contributed by atoms with Gasteiger partial charge < -0.3 is 9.84 Å². The third kappa shape index (κ3) is 1.53. The molecule has 2 aliphatic carbocycles. The maximum atomic E-state index is 10.6. The van der Waals surface area contributed by atoms with E-state index >= 15 is 0 Å². The van der Waals surface area contributed by atoms with Crippen LogP contribution in [-0.4, -0.2) is 17.5 Å². The average molecular weight is 236 g/mol. The Hall–Kier alpha value is -0.340. The van der Waals surface area contributed by atoms with E-state index in [9.17, 15) is 5.11 Å². The molecule has 0 bridgehead atoms. The molecule has 0 unspecified atom stereocenters. The van der Waals surface area contributed by atoms with Crippen LogP contribution in [0.2, 0.25) is 0 Å². The number of rotatable bonds is 1. The predicted molar refractivity (Wildman–Crippen MR) is 67.4 cm³/mol. The van der Waals surface area contributed by atoms with Crippen LogP contribution in [0, 0.1) is 23.2 Å². The predicted octanol–water partition coefficient (Wildman–Crippen LogP) is 3.11. The molecule has 17 heavy (non-hydrogen) atoms. The van der Waals surface area contributed by atoms with E-state index in [1.165, 1.54) is 18.4 Å². The second-order valence-corrected chi connectivity index (χ2v) is 6.76. The molecule has 0 aromatic heterocycles. The molecule has 96 valence electrons. The van der Waals surface area contributed by atoms with Gasteiger partial charge in [0, 0.05) is 12.3 Å². The average Bonchev–Trinajstić information content (AvgIpc) is 2.78. The van der Waals surface area contributed by atoms with E-state index in [2.05, 4.69) is 20.4 Å². The van der Waals surface area contributed by atoms with Crippen molar-refractivity contribution in [1.82, 2.24) is 0 Å². The fraction of sp³-hybridized carbons (Fsp3) is 0.867. The van der Waals surface area contributed by atoms with Gasteiger partial charge in [-0.3, -0.25) is 0 Å². The van der Waals surface area contributed by atoms with Gasteiger partial charge in [-0.1, -0.05) is 19.1 Å². The number of hydrogen-bond acceptors (Lipinski definition) is 2. The fourth-order valence-corrected chi connectivity index (χ4v) is 4.81. The zero-order valence-electron chi connectivity index (χ0n) is 11.0. The SMILES string of the molecule is C=C(C)[C@@H]1CC[C@]2(C)CC[C@]3(O)OCC[C@@H]3[C@@H]12. The van der Waals surface area contributed by atoms with Crippen molar-refractivity contribution in [3.8, 4) is 0 Å². The molecule has 0 aromatic carbocycles. The summed E-state index contributed by atoms with van der Waals surface area (Å²) in [5.41, 5.74) is 1.71. The highest BCUT2D eigenvalue weighted by Crippen LogP contribution is 2.62. The summed E-state index contributed by atoms with van der Waals surface area (Å²) in [6.45, 7) is 9.47. The monoisotopic (exact) mass is 236 g/mol. The van der Waals surface area contributed by atoms with Gasteiger partial charge in [-0.15, -0.1) is 0 Å². The summed E-state index contributed by atoms with van der Waals surface area (Å²) in [5.74, 6) is 0.701. The van der Waals surface area contributed by atoms with Gasteiger partial charge in [-0.2, -0.15) is 0 Å². The van der Waals surface area contributed by atoms with Crippen molar-refractivity contribution in [2.24, 2.45) is 23.2 Å². The van der Waals surface area contributed by atoms with Gasteiger partial charge in [0.1, 0.15) is 0 Å². The molecular formula is C15H24O2. The molecule has 0 radical (unpaired) electrons. The lowest BCUT2D eigenvalue weighted by Crippen LogP contribution is -2.50. The molecule has 3 rings (SSSR count). The first kappa shape index (κ1) is 11.7. The Bertz CT molecular complexity index is 351. The second-order valence-electron chi connectivity index (χ2n) is 6.76. The fourth-order valence-electron chi connectivity index (χ4n) is 4.81. The third-order valence-corrected chi connectivity index (χ3v) is 5.75. The van der Waals surface area contributed by atoms with Gasteiger partial charge in [0.15, 0.2) is 5.79 Å². The van der Waals surface area contributed by atoms with Crippen molar-refractivity contribution in [2.45, 2.75) is 51.7 Å². The van der Waals surface area contributed by atoms with Crippen LogP contribution < -0.4 is 0 Å². The van der Waals surface area contributed by atoms with Crippen LogP contribution in [0.1, 0.15) is 46.0 Å². The second kappa shape index (κ2) is 3.58. The van der Waals surface area contributed by atoms with Crippen LogP contribution in [0.4, 0.5) is 0 Å². The van der Waals surface area contributed by atoms with Gasteiger partial charge in [-0.25, -0.2) is 0 Å². The largest absolute Gasteiger partial charge is 0.365 e. The Balaban J connectivity index is 1.97. The van der Waals surface area contributed by atoms with Gasteiger partial charge in [-0.05, 0) is 49.9 Å². The molecule has 0 amide bonds. The molecule has 1 saturated heterocycles. The van der Waals surface area contributed by atoms with Gasteiger partial charge in [0.25, 0.3) is 0 Å². The molecule has 1 aliphatic heterocycles. The highest BCUT2D eigenvalue weighted by molar-refractivity contribution is 5.13. The summed E-state index contributed by atoms with van der Waals surface area (Å²) >= 11 is 0. The number of allylic oxidation sites excluding steroid dienone is 1. The summed E-state index contributed by atoms with van der Waals surface area (Å²) in [6.07, 6.45) is 5.51. The first-order valence-electron chi connectivity index (χ1n) is 6.98. The van der Waals surface area contributed by atoms with Gasteiger partial charge >= 0.3 is 0 Å². The van der Waals surface area contributed by atoms with E-state index in [0.29, 0.717) is 23.2 Å². The Labute approximate surface area is 104 Å². The minimum atomic E-state index is -0.817. The van der Waals surface area contributed by atoms with E-state index < -0.39 is 5.79 Å². The number of fused-ring (bicyclic) bond motifs is 3. The molecule has 1 heterocycles. The first-order valence-corrected chi connectivity index (χ1v) is 6.98. The normalized spacial score (nSPS) is 53.2. The van der Waals surface area contributed by atoms with E-state index in [1.807, 2.05) is 0 Å². The molecule has 1 N–H and O–H groups in total. The maximum Gasteiger partial charge on any atom is 0.168 e. The summed E-state index contributed by atoms with van der Waals surface area (Å²) in [5, 5.41) is 10.6. The first-order chi connectivity index (χ1) is 7.96. The molecule has 3 fully saturated rings. The van der Waals surface area contributed by atoms with Gasteiger partial charge in [0.2, 0.25) is 0 Å². The van der Waals surface area contributed by atoms with E-state index in [-0.39, 0.29) is 0 Å². The minimum absolute atomic E-state index is 0.338. The lowest BCUT2D eigenvalue weighted by atomic mass is 9.59. The maximum absolute atomic E-state index is 10.6. The highest BCUT2D eigenvalue weighted by Gasteiger charge is 2.60. The Kier molecular flexibility index (Phi) is 2.47. The smallest absolute Gasteiger partial charge is 0.168 e. The van der Waals surface area contributed by atoms with Crippen LogP contribution in [0.3, 0.4) is 0 Å². The van der Waals surface area contributed by atoms with Crippen molar-refractivity contribution in [1.29, 1.82) is 0 Å². The van der Waals surface area contributed by atoms with Crippen LogP contribution >= 0.6 is 0 Å². The number of ether oxygens (including phenoxy) is 1. The van der Waals surface area contributed by atoms with Crippen LogP contribution in [0.5, 0.6) is 0 Å². The summed E-state index contributed by atoms with van der Waals surface area (Å²) in [6, 6.07) is 0. The number of hydrogen-bond donors (Lipinski definition) is 1. The molecule has 2 heteroatoms. The molecule has 0 aromatic rings. The lowest BCUT2D eigenvalue weighted by molar-refractivity contribution is -0.237. The van der Waals surface area contributed by atoms with Crippen LogP contribution in [0.15, 0.2) is 12.2 Å². The van der Waals surface area contributed by atoms with Crippen LogP contribution in [0.25, 0.3) is 0 Å². The molecule has 3 aliphatic rings. The number of aliphatic hydroxyl groups is 1. The lowest BCUT2D eigenvalue weighted by Gasteiger charge is -2.48. The zero-order chi connectivity index (χ0) is 12.3. The van der Waals surface area contributed by atoms with E-state index in [4.69, 9.17) is 4.74 Å². The van der Waals surface area contributed by atoms with Crippen molar-refractivity contribution >= 4 is 0 Å². The minimum Gasteiger partial charge on any atom is -0.365 e.